The highest BCUT2D eigenvalue weighted by atomic mass is 16.5. The predicted molar refractivity (Wildman–Crippen MR) is 141 cm³/mol. The first-order valence-electron chi connectivity index (χ1n) is 12.2. The third-order valence-corrected chi connectivity index (χ3v) is 5.88. The number of nitrogens with two attached hydrogens (primary N) is 1. The zero-order chi connectivity index (χ0) is 26.4. The van der Waals surface area contributed by atoms with Crippen LogP contribution in [-0.2, 0) is 4.79 Å². The summed E-state index contributed by atoms with van der Waals surface area (Å²) >= 11 is 0. The molecule has 0 spiro atoms. The van der Waals surface area contributed by atoms with Gasteiger partial charge in [0.1, 0.15) is 17.1 Å². The molecule has 1 fully saturated rings. The van der Waals surface area contributed by atoms with E-state index in [0.717, 1.165) is 19.4 Å². The number of aromatic nitrogens is 4. The standard InChI is InChI=1S/C26H32N8O3/c1-4-23(35)33-11-7-8-19(15-33)34-14-18(12-29-34)30-26-28-13-20(24(27)36)25(32-26)31-21-9-5-6-10-22(21)37-16-17(2)3/h4-6,9-10,12-14,17,19H,1,7-8,11,15-16H2,2-3H3,(H2,27,36)(H2,28,30,31,32)/t19-/m0/s1. The summed E-state index contributed by atoms with van der Waals surface area (Å²) in [6, 6.07) is 7.48. The molecule has 1 atom stereocenters. The molecule has 2 amide bonds. The summed E-state index contributed by atoms with van der Waals surface area (Å²) in [6.07, 6.45) is 8.04. The number of carbonyl (C=O) groups is 2. The molecule has 37 heavy (non-hydrogen) atoms. The van der Waals surface area contributed by atoms with Gasteiger partial charge in [0.15, 0.2) is 0 Å². The fourth-order valence-corrected chi connectivity index (χ4v) is 4.03. The molecule has 3 heterocycles. The SMILES string of the molecule is C=CC(=O)N1CCC[C@H](n2cc(Nc3ncc(C(N)=O)c(Nc4ccccc4OCC(C)C)n3)cn2)C1. The van der Waals surface area contributed by atoms with Crippen molar-refractivity contribution in [1.82, 2.24) is 24.6 Å². The summed E-state index contributed by atoms with van der Waals surface area (Å²) in [5.74, 6) is 0.776. The second-order valence-corrected chi connectivity index (χ2v) is 9.26. The number of ether oxygens (including phenoxy) is 1. The van der Waals surface area contributed by atoms with Gasteiger partial charge in [0.05, 0.1) is 30.2 Å². The van der Waals surface area contributed by atoms with E-state index in [0.29, 0.717) is 36.2 Å². The maximum Gasteiger partial charge on any atom is 0.254 e. The topological polar surface area (TPSA) is 140 Å². The Bertz CT molecular complexity index is 1270. The molecule has 4 rings (SSSR count). The largest absolute Gasteiger partial charge is 0.491 e. The Balaban J connectivity index is 1.52. The van der Waals surface area contributed by atoms with Crippen LogP contribution in [0.1, 0.15) is 43.1 Å². The lowest BCUT2D eigenvalue weighted by Gasteiger charge is -2.32. The van der Waals surface area contributed by atoms with Crippen LogP contribution < -0.4 is 21.1 Å². The first-order chi connectivity index (χ1) is 17.8. The Morgan fingerprint density at radius 1 is 1.27 bits per heavy atom. The van der Waals surface area contributed by atoms with Crippen molar-refractivity contribution in [2.45, 2.75) is 32.7 Å². The van der Waals surface area contributed by atoms with Crippen LogP contribution in [-0.4, -0.2) is 56.2 Å². The van der Waals surface area contributed by atoms with Gasteiger partial charge in [0, 0.05) is 25.5 Å². The first kappa shape index (κ1) is 25.7. The van der Waals surface area contributed by atoms with Gasteiger partial charge < -0.3 is 26.0 Å². The average Bonchev–Trinajstić information content (AvgIpc) is 3.36. The second kappa shape index (κ2) is 11.5. The van der Waals surface area contributed by atoms with Crippen molar-refractivity contribution in [2.75, 3.05) is 30.3 Å². The third-order valence-electron chi connectivity index (χ3n) is 5.88. The lowest BCUT2D eigenvalue weighted by molar-refractivity contribution is -0.127. The number of carbonyl (C=O) groups excluding carboxylic acids is 2. The van der Waals surface area contributed by atoms with Gasteiger partial charge in [-0.2, -0.15) is 10.1 Å². The molecule has 1 aliphatic heterocycles. The summed E-state index contributed by atoms with van der Waals surface area (Å²) in [5, 5.41) is 10.8. The highest BCUT2D eigenvalue weighted by molar-refractivity contribution is 5.98. The monoisotopic (exact) mass is 504 g/mol. The number of hydrogen-bond donors (Lipinski definition) is 3. The van der Waals surface area contributed by atoms with Crippen molar-refractivity contribution in [3.63, 3.8) is 0 Å². The molecule has 0 unspecified atom stereocenters. The van der Waals surface area contributed by atoms with Gasteiger partial charge >= 0.3 is 0 Å². The molecule has 11 heteroatoms. The van der Waals surface area contributed by atoms with Crippen LogP contribution >= 0.6 is 0 Å². The van der Waals surface area contributed by atoms with Crippen molar-refractivity contribution in [2.24, 2.45) is 11.7 Å². The number of amides is 2. The smallest absolute Gasteiger partial charge is 0.254 e. The third kappa shape index (κ3) is 6.43. The van der Waals surface area contributed by atoms with E-state index in [9.17, 15) is 9.59 Å². The molecule has 194 valence electrons. The minimum Gasteiger partial charge on any atom is -0.491 e. The van der Waals surface area contributed by atoms with E-state index in [2.05, 4.69) is 46.1 Å². The summed E-state index contributed by atoms with van der Waals surface area (Å²) in [6.45, 7) is 9.54. The highest BCUT2D eigenvalue weighted by Crippen LogP contribution is 2.29. The van der Waals surface area contributed by atoms with Crippen LogP contribution in [0.3, 0.4) is 0 Å². The first-order valence-corrected chi connectivity index (χ1v) is 12.2. The minimum absolute atomic E-state index is 0.0610. The number of benzene rings is 1. The van der Waals surface area contributed by atoms with Gasteiger partial charge in [-0.15, -0.1) is 0 Å². The van der Waals surface area contributed by atoms with Crippen LogP contribution in [0.4, 0.5) is 23.1 Å². The van der Waals surface area contributed by atoms with Crippen molar-refractivity contribution >= 4 is 35.0 Å². The summed E-state index contributed by atoms with van der Waals surface area (Å²) in [4.78, 5) is 34.6. The van der Waals surface area contributed by atoms with Gasteiger partial charge in [0.25, 0.3) is 5.91 Å². The van der Waals surface area contributed by atoms with Crippen LogP contribution in [0.25, 0.3) is 0 Å². The Hall–Kier alpha value is -4.41. The Labute approximate surface area is 215 Å². The summed E-state index contributed by atoms with van der Waals surface area (Å²) in [7, 11) is 0. The van der Waals surface area contributed by atoms with E-state index < -0.39 is 5.91 Å². The molecule has 4 N–H and O–H groups in total. The molecule has 3 aromatic rings. The maximum atomic E-state index is 12.1. The fraction of sp³-hybridized carbons (Fsp3) is 0.346. The Morgan fingerprint density at radius 2 is 2.08 bits per heavy atom. The predicted octanol–water partition coefficient (Wildman–Crippen LogP) is 3.64. The van der Waals surface area contributed by atoms with E-state index >= 15 is 0 Å². The van der Waals surface area contributed by atoms with E-state index in [1.807, 2.05) is 35.1 Å². The molecular weight excluding hydrogens is 472 g/mol. The van der Waals surface area contributed by atoms with Gasteiger partial charge in [-0.05, 0) is 37.0 Å². The molecule has 0 radical (unpaired) electrons. The van der Waals surface area contributed by atoms with Gasteiger partial charge in [-0.25, -0.2) is 4.98 Å². The summed E-state index contributed by atoms with van der Waals surface area (Å²) in [5.41, 5.74) is 7.05. The molecule has 1 saturated heterocycles. The Kier molecular flexibility index (Phi) is 8.02. The average molecular weight is 505 g/mol. The Morgan fingerprint density at radius 3 is 2.84 bits per heavy atom. The van der Waals surface area contributed by atoms with Crippen LogP contribution in [0.15, 0.2) is 55.5 Å². The van der Waals surface area contributed by atoms with E-state index in [-0.39, 0.29) is 29.3 Å². The van der Waals surface area contributed by atoms with Crippen molar-refractivity contribution < 1.29 is 14.3 Å². The number of primary amides is 1. The van der Waals surface area contributed by atoms with Gasteiger partial charge in [0.2, 0.25) is 11.9 Å². The lowest BCUT2D eigenvalue weighted by Crippen LogP contribution is -2.39. The van der Waals surface area contributed by atoms with Crippen LogP contribution in [0.2, 0.25) is 0 Å². The molecule has 1 aliphatic rings. The zero-order valence-corrected chi connectivity index (χ0v) is 21.1. The number of nitrogens with one attached hydrogen (secondary N) is 2. The highest BCUT2D eigenvalue weighted by Gasteiger charge is 2.24. The number of nitrogens with zero attached hydrogens (tertiary/aromatic N) is 5. The fourth-order valence-electron chi connectivity index (χ4n) is 4.03. The molecule has 0 bridgehead atoms. The van der Waals surface area contributed by atoms with E-state index in [1.165, 1.54) is 12.3 Å². The molecule has 0 aliphatic carbocycles. The zero-order valence-electron chi connectivity index (χ0n) is 21.1. The lowest BCUT2D eigenvalue weighted by atomic mass is 10.1. The summed E-state index contributed by atoms with van der Waals surface area (Å²) < 4.78 is 7.75. The quantitative estimate of drug-likeness (QED) is 0.356. The van der Waals surface area contributed by atoms with Gasteiger partial charge in [-0.1, -0.05) is 32.6 Å². The number of hydrogen-bond acceptors (Lipinski definition) is 8. The van der Waals surface area contributed by atoms with Crippen molar-refractivity contribution in [3.8, 4) is 5.75 Å². The van der Waals surface area contributed by atoms with E-state index in [1.54, 1.807) is 11.1 Å². The number of piperidine rings is 1. The molecule has 1 aromatic carbocycles. The van der Waals surface area contributed by atoms with Gasteiger partial charge in [-0.3, -0.25) is 14.3 Å². The number of anilines is 4. The molecule has 0 saturated carbocycles. The van der Waals surface area contributed by atoms with E-state index in [4.69, 9.17) is 10.5 Å². The molecular formula is C26H32N8O3. The maximum absolute atomic E-state index is 12.1. The van der Waals surface area contributed by atoms with Crippen LogP contribution in [0.5, 0.6) is 5.75 Å². The second-order valence-electron chi connectivity index (χ2n) is 9.26. The number of para-hydroxylation sites is 2. The van der Waals surface area contributed by atoms with Crippen molar-refractivity contribution in [3.05, 3.63) is 61.1 Å². The molecule has 11 nitrogen and oxygen atoms in total. The number of rotatable bonds is 10. The van der Waals surface area contributed by atoms with Crippen LogP contribution in [0, 0.1) is 5.92 Å². The minimum atomic E-state index is -0.654. The van der Waals surface area contributed by atoms with Crippen molar-refractivity contribution in [1.29, 1.82) is 0 Å². The normalized spacial score (nSPS) is 15.3. The molecule has 2 aromatic heterocycles. The number of likely N-dealkylation sites (tertiary alicyclic amines) is 1.